The summed E-state index contributed by atoms with van der Waals surface area (Å²) in [6.45, 7) is 1.50. The van der Waals surface area contributed by atoms with Crippen molar-refractivity contribution in [3.63, 3.8) is 0 Å². The van der Waals surface area contributed by atoms with Gasteiger partial charge < -0.3 is 19.5 Å². The van der Waals surface area contributed by atoms with E-state index in [1.54, 1.807) is 37.4 Å². The summed E-state index contributed by atoms with van der Waals surface area (Å²) < 4.78 is 10.4. The van der Waals surface area contributed by atoms with Crippen LogP contribution in [0.2, 0.25) is 0 Å². The molecule has 2 fully saturated rings. The van der Waals surface area contributed by atoms with Crippen molar-refractivity contribution < 1.29 is 18.8 Å². The fourth-order valence-corrected chi connectivity index (χ4v) is 4.28. The van der Waals surface area contributed by atoms with Crippen LogP contribution in [0.1, 0.15) is 60.7 Å². The third kappa shape index (κ3) is 4.44. The zero-order chi connectivity index (χ0) is 20.2. The van der Waals surface area contributed by atoms with E-state index in [0.717, 1.165) is 50.2 Å². The van der Waals surface area contributed by atoms with Crippen LogP contribution >= 0.6 is 0 Å². The number of nitrogens with zero attached hydrogens (tertiary/aromatic N) is 2. The van der Waals surface area contributed by atoms with Crippen LogP contribution in [0.15, 0.2) is 34.9 Å². The Balaban J connectivity index is 1.31. The van der Waals surface area contributed by atoms with Crippen molar-refractivity contribution >= 4 is 17.5 Å². The number of likely N-dealkylation sites (tertiary alicyclic amines) is 1. The number of aromatic nitrogens is 1. The maximum Gasteiger partial charge on any atom is 0.294 e. The van der Waals surface area contributed by atoms with Crippen LogP contribution in [0.5, 0.6) is 5.75 Å². The molecule has 0 radical (unpaired) electrons. The molecule has 1 saturated carbocycles. The molecule has 4 rings (SSSR count). The molecule has 1 aliphatic carbocycles. The SMILES string of the molecule is COc1ccc(NC(=O)c2cc(C3CCN(C(=O)C4CCCC4)CC3)no2)cc1. The minimum Gasteiger partial charge on any atom is -0.497 e. The lowest BCUT2D eigenvalue weighted by Crippen LogP contribution is -2.40. The van der Waals surface area contributed by atoms with Crippen molar-refractivity contribution in [2.45, 2.75) is 44.4 Å². The normalized spacial score (nSPS) is 18.0. The minimum atomic E-state index is -0.331. The standard InChI is InChI=1S/C22H27N3O4/c1-28-18-8-6-17(7-9-18)23-21(26)20-14-19(24-29-20)15-10-12-25(13-11-15)22(27)16-4-2-3-5-16/h6-9,14-16H,2-5,10-13H2,1H3,(H,23,26). The van der Waals surface area contributed by atoms with Crippen molar-refractivity contribution in [3.8, 4) is 5.75 Å². The Bertz CT molecular complexity index is 847. The molecule has 0 atom stereocenters. The van der Waals surface area contributed by atoms with E-state index in [1.807, 2.05) is 4.90 Å². The summed E-state index contributed by atoms with van der Waals surface area (Å²) in [7, 11) is 1.60. The smallest absolute Gasteiger partial charge is 0.294 e. The summed E-state index contributed by atoms with van der Waals surface area (Å²) in [5.41, 5.74) is 1.45. The van der Waals surface area contributed by atoms with E-state index in [0.29, 0.717) is 11.6 Å². The van der Waals surface area contributed by atoms with Gasteiger partial charge in [-0.05, 0) is 49.9 Å². The summed E-state index contributed by atoms with van der Waals surface area (Å²) in [6.07, 6.45) is 6.12. The van der Waals surface area contributed by atoms with E-state index in [4.69, 9.17) is 9.26 Å². The maximum atomic E-state index is 12.6. The Morgan fingerprint density at radius 3 is 2.45 bits per heavy atom. The summed E-state index contributed by atoms with van der Waals surface area (Å²) in [5.74, 6) is 1.35. The molecule has 2 aromatic rings. The molecule has 2 heterocycles. The van der Waals surface area contributed by atoms with Gasteiger partial charge in [0.05, 0.1) is 12.8 Å². The molecule has 1 saturated heterocycles. The van der Waals surface area contributed by atoms with Crippen LogP contribution in [-0.2, 0) is 4.79 Å². The highest BCUT2D eigenvalue weighted by atomic mass is 16.5. The highest BCUT2D eigenvalue weighted by Gasteiger charge is 2.31. The van der Waals surface area contributed by atoms with E-state index < -0.39 is 0 Å². The van der Waals surface area contributed by atoms with Crippen LogP contribution in [0.3, 0.4) is 0 Å². The van der Waals surface area contributed by atoms with Crippen molar-refractivity contribution in [2.24, 2.45) is 5.92 Å². The number of methoxy groups -OCH3 is 1. The topological polar surface area (TPSA) is 84.7 Å². The van der Waals surface area contributed by atoms with Gasteiger partial charge in [-0.1, -0.05) is 18.0 Å². The fraction of sp³-hybridized carbons (Fsp3) is 0.500. The lowest BCUT2D eigenvalue weighted by atomic mass is 9.92. The van der Waals surface area contributed by atoms with Crippen molar-refractivity contribution in [3.05, 3.63) is 41.8 Å². The Morgan fingerprint density at radius 1 is 1.10 bits per heavy atom. The van der Waals surface area contributed by atoms with Crippen LogP contribution in [0.4, 0.5) is 5.69 Å². The Hall–Kier alpha value is -2.83. The molecule has 29 heavy (non-hydrogen) atoms. The molecule has 0 unspecified atom stereocenters. The van der Waals surface area contributed by atoms with Crippen molar-refractivity contribution in [1.82, 2.24) is 10.1 Å². The number of benzene rings is 1. The van der Waals surface area contributed by atoms with Crippen molar-refractivity contribution in [2.75, 3.05) is 25.5 Å². The lowest BCUT2D eigenvalue weighted by Gasteiger charge is -2.32. The number of anilines is 1. The summed E-state index contributed by atoms with van der Waals surface area (Å²) in [4.78, 5) is 27.0. The molecule has 154 valence electrons. The van der Waals surface area contributed by atoms with Crippen LogP contribution in [-0.4, -0.2) is 42.1 Å². The average Bonchev–Trinajstić information content (AvgIpc) is 3.46. The number of rotatable bonds is 5. The van der Waals surface area contributed by atoms with Crippen LogP contribution in [0.25, 0.3) is 0 Å². The second-order valence-corrected chi connectivity index (χ2v) is 7.88. The number of hydrogen-bond acceptors (Lipinski definition) is 5. The highest BCUT2D eigenvalue weighted by molar-refractivity contribution is 6.02. The van der Waals surface area contributed by atoms with Crippen molar-refractivity contribution in [1.29, 1.82) is 0 Å². The Labute approximate surface area is 170 Å². The van der Waals surface area contributed by atoms with Gasteiger partial charge in [0, 0.05) is 36.7 Å². The highest BCUT2D eigenvalue weighted by Crippen LogP contribution is 2.31. The van der Waals surface area contributed by atoms with Gasteiger partial charge in [-0.2, -0.15) is 0 Å². The van der Waals surface area contributed by atoms with E-state index in [2.05, 4.69) is 10.5 Å². The maximum absolute atomic E-state index is 12.6. The predicted molar refractivity (Wildman–Crippen MR) is 108 cm³/mol. The van der Waals surface area contributed by atoms with Gasteiger partial charge in [0.25, 0.3) is 5.91 Å². The lowest BCUT2D eigenvalue weighted by molar-refractivity contribution is -0.136. The molecule has 1 aromatic carbocycles. The first kappa shape index (κ1) is 19.5. The van der Waals surface area contributed by atoms with Gasteiger partial charge in [0.1, 0.15) is 5.75 Å². The molecule has 1 N–H and O–H groups in total. The number of carbonyl (C=O) groups excluding carboxylic acids is 2. The number of nitrogens with one attached hydrogen (secondary N) is 1. The first-order chi connectivity index (χ1) is 14.1. The second-order valence-electron chi connectivity index (χ2n) is 7.88. The van der Waals surface area contributed by atoms with Gasteiger partial charge in [-0.25, -0.2) is 0 Å². The number of piperidine rings is 1. The van der Waals surface area contributed by atoms with Gasteiger partial charge in [-0.15, -0.1) is 0 Å². The Morgan fingerprint density at radius 2 is 1.79 bits per heavy atom. The summed E-state index contributed by atoms with van der Waals surface area (Å²) in [5, 5.41) is 6.92. The number of hydrogen-bond donors (Lipinski definition) is 1. The first-order valence-corrected chi connectivity index (χ1v) is 10.3. The summed E-state index contributed by atoms with van der Waals surface area (Å²) in [6, 6.07) is 8.82. The number of amides is 2. The fourth-order valence-electron chi connectivity index (χ4n) is 4.28. The molecule has 7 nitrogen and oxygen atoms in total. The van der Waals surface area contributed by atoms with Crippen LogP contribution in [0, 0.1) is 5.92 Å². The molecule has 0 spiro atoms. The molecular formula is C22H27N3O4. The first-order valence-electron chi connectivity index (χ1n) is 10.3. The van der Waals surface area contributed by atoms with E-state index in [9.17, 15) is 9.59 Å². The van der Waals surface area contributed by atoms with E-state index in [-0.39, 0.29) is 23.5 Å². The molecule has 1 aliphatic heterocycles. The third-order valence-corrected chi connectivity index (χ3v) is 6.03. The summed E-state index contributed by atoms with van der Waals surface area (Å²) >= 11 is 0. The minimum absolute atomic E-state index is 0.195. The van der Waals surface area contributed by atoms with Gasteiger partial charge in [0.2, 0.25) is 11.7 Å². The second kappa shape index (κ2) is 8.68. The predicted octanol–water partition coefficient (Wildman–Crippen LogP) is 3.83. The molecule has 1 aromatic heterocycles. The zero-order valence-corrected chi connectivity index (χ0v) is 16.7. The Kier molecular flexibility index (Phi) is 5.83. The third-order valence-electron chi connectivity index (χ3n) is 6.03. The molecular weight excluding hydrogens is 370 g/mol. The van der Waals surface area contributed by atoms with E-state index in [1.165, 1.54) is 12.8 Å². The average molecular weight is 397 g/mol. The van der Waals surface area contributed by atoms with Gasteiger partial charge in [-0.3, -0.25) is 9.59 Å². The molecule has 7 heteroatoms. The molecule has 0 bridgehead atoms. The van der Waals surface area contributed by atoms with Gasteiger partial charge in [0.15, 0.2) is 0 Å². The van der Waals surface area contributed by atoms with Crippen LogP contribution < -0.4 is 10.1 Å². The molecule has 2 amide bonds. The quantitative estimate of drug-likeness (QED) is 0.829. The number of ether oxygens (including phenoxy) is 1. The monoisotopic (exact) mass is 397 g/mol. The number of carbonyl (C=O) groups is 2. The molecule has 2 aliphatic rings. The zero-order valence-electron chi connectivity index (χ0n) is 16.7. The van der Waals surface area contributed by atoms with E-state index >= 15 is 0 Å². The van der Waals surface area contributed by atoms with Gasteiger partial charge >= 0.3 is 0 Å². The largest absolute Gasteiger partial charge is 0.497 e.